The summed E-state index contributed by atoms with van der Waals surface area (Å²) in [6.07, 6.45) is 5.79. The predicted molar refractivity (Wildman–Crippen MR) is 62.7 cm³/mol. The van der Waals surface area contributed by atoms with Gasteiger partial charge in [0.2, 0.25) is 5.91 Å². The van der Waals surface area contributed by atoms with Gasteiger partial charge in [0.1, 0.15) is 0 Å². The largest absolute Gasteiger partial charge is 0.356 e. The number of carbonyl (C=O) groups excluding carboxylic acids is 1. The molecule has 1 aromatic heterocycles. The lowest BCUT2D eigenvalue weighted by atomic mass is 10.1. The Hall–Kier alpha value is -1.36. The number of nitrogens with two attached hydrogens (primary N) is 1. The quantitative estimate of drug-likeness (QED) is 0.663. The Bertz CT molecular complexity index is 297. The van der Waals surface area contributed by atoms with E-state index in [-0.39, 0.29) is 11.9 Å². The van der Waals surface area contributed by atoms with Crippen molar-refractivity contribution in [3.05, 3.63) is 18.5 Å². The van der Waals surface area contributed by atoms with Gasteiger partial charge < -0.3 is 11.1 Å². The summed E-state index contributed by atoms with van der Waals surface area (Å²) < 4.78 is 1.85. The van der Waals surface area contributed by atoms with Crippen molar-refractivity contribution < 1.29 is 4.79 Å². The number of hydrogen-bond donors (Lipinski definition) is 2. The summed E-state index contributed by atoms with van der Waals surface area (Å²) >= 11 is 0. The highest BCUT2D eigenvalue weighted by Gasteiger charge is 2.06. The average molecular weight is 224 g/mol. The van der Waals surface area contributed by atoms with E-state index >= 15 is 0 Å². The van der Waals surface area contributed by atoms with E-state index in [0.29, 0.717) is 13.0 Å². The first kappa shape index (κ1) is 12.7. The minimum atomic E-state index is -0.0221. The lowest BCUT2D eigenvalue weighted by Gasteiger charge is -2.09. The summed E-state index contributed by atoms with van der Waals surface area (Å²) in [5.74, 6) is 0.0369. The third kappa shape index (κ3) is 4.93. The van der Waals surface area contributed by atoms with E-state index < -0.39 is 0 Å². The molecule has 1 unspecified atom stereocenters. The first-order chi connectivity index (χ1) is 7.72. The molecule has 3 N–H and O–H groups in total. The summed E-state index contributed by atoms with van der Waals surface area (Å²) in [6.45, 7) is 3.48. The lowest BCUT2D eigenvalue weighted by molar-refractivity contribution is -0.121. The van der Waals surface area contributed by atoms with E-state index in [1.165, 1.54) is 0 Å². The Kier molecular flexibility index (Phi) is 5.56. The second-order valence-corrected chi connectivity index (χ2v) is 3.85. The van der Waals surface area contributed by atoms with Crippen LogP contribution in [-0.2, 0) is 11.3 Å². The fourth-order valence-corrected chi connectivity index (χ4v) is 1.36. The minimum absolute atomic E-state index is 0.0221. The molecule has 0 aliphatic heterocycles. The average Bonchev–Trinajstić information content (AvgIpc) is 2.77. The maximum absolute atomic E-state index is 11.4. The molecule has 0 radical (unpaired) electrons. The lowest BCUT2D eigenvalue weighted by Crippen LogP contribution is -2.32. The number of carbonyl (C=O) groups is 1. The molecule has 0 saturated carbocycles. The summed E-state index contributed by atoms with van der Waals surface area (Å²) in [4.78, 5) is 11.4. The molecule has 0 spiro atoms. The van der Waals surface area contributed by atoms with Crippen LogP contribution in [-0.4, -0.2) is 28.3 Å². The van der Waals surface area contributed by atoms with Gasteiger partial charge in [-0.25, -0.2) is 0 Å². The van der Waals surface area contributed by atoms with Crippen molar-refractivity contribution in [3.8, 4) is 0 Å². The van der Waals surface area contributed by atoms with E-state index in [2.05, 4.69) is 10.4 Å². The zero-order chi connectivity index (χ0) is 11.8. The summed E-state index contributed by atoms with van der Waals surface area (Å²) in [7, 11) is 0. The van der Waals surface area contributed by atoms with Crippen molar-refractivity contribution in [2.24, 2.45) is 5.73 Å². The summed E-state index contributed by atoms with van der Waals surface area (Å²) in [5.41, 5.74) is 5.68. The fraction of sp³-hybridized carbons (Fsp3) is 0.636. The molecular formula is C11H20N4O. The van der Waals surface area contributed by atoms with Crippen LogP contribution in [0.1, 0.15) is 26.2 Å². The zero-order valence-electron chi connectivity index (χ0n) is 9.72. The van der Waals surface area contributed by atoms with Crippen LogP contribution in [0.2, 0.25) is 0 Å². The van der Waals surface area contributed by atoms with Gasteiger partial charge in [-0.2, -0.15) is 5.10 Å². The Balaban J connectivity index is 2.04. The van der Waals surface area contributed by atoms with Crippen LogP contribution >= 0.6 is 0 Å². The van der Waals surface area contributed by atoms with E-state index in [1.54, 1.807) is 6.20 Å². The standard InChI is InChI=1S/C11H20N4O/c1-2-10(12)9-11(16)13-5-3-7-15-8-4-6-14-15/h4,6,8,10H,2-3,5,7,9,12H2,1H3,(H,13,16). The fourth-order valence-electron chi connectivity index (χ4n) is 1.36. The number of nitrogens with one attached hydrogen (secondary N) is 1. The van der Waals surface area contributed by atoms with Gasteiger partial charge in [0.15, 0.2) is 0 Å². The Morgan fingerprint density at radius 2 is 2.44 bits per heavy atom. The molecule has 1 amide bonds. The van der Waals surface area contributed by atoms with Gasteiger partial charge in [-0.3, -0.25) is 9.48 Å². The Morgan fingerprint density at radius 3 is 3.06 bits per heavy atom. The van der Waals surface area contributed by atoms with Crippen LogP contribution in [0, 0.1) is 0 Å². The second-order valence-electron chi connectivity index (χ2n) is 3.85. The number of amides is 1. The molecule has 0 aliphatic carbocycles. The van der Waals surface area contributed by atoms with E-state index in [4.69, 9.17) is 5.73 Å². The normalized spacial score (nSPS) is 12.4. The van der Waals surface area contributed by atoms with Crippen LogP contribution in [0.5, 0.6) is 0 Å². The number of hydrogen-bond acceptors (Lipinski definition) is 3. The second kappa shape index (κ2) is 7.00. The first-order valence-corrected chi connectivity index (χ1v) is 5.72. The van der Waals surface area contributed by atoms with Crippen LogP contribution in [0.3, 0.4) is 0 Å². The third-order valence-electron chi connectivity index (χ3n) is 2.42. The van der Waals surface area contributed by atoms with Gasteiger partial charge in [-0.15, -0.1) is 0 Å². The molecule has 0 fully saturated rings. The molecule has 1 atom stereocenters. The van der Waals surface area contributed by atoms with Crippen LogP contribution < -0.4 is 11.1 Å². The van der Waals surface area contributed by atoms with Gasteiger partial charge in [-0.05, 0) is 18.9 Å². The van der Waals surface area contributed by atoms with Crippen LogP contribution in [0.4, 0.5) is 0 Å². The molecule has 0 aliphatic rings. The highest BCUT2D eigenvalue weighted by molar-refractivity contribution is 5.76. The third-order valence-corrected chi connectivity index (χ3v) is 2.42. The maximum Gasteiger partial charge on any atom is 0.221 e. The van der Waals surface area contributed by atoms with Crippen molar-refractivity contribution in [1.29, 1.82) is 0 Å². The molecule has 90 valence electrons. The predicted octanol–water partition coefficient (Wildman–Crippen LogP) is 0.517. The molecule has 1 aromatic rings. The molecule has 0 bridgehead atoms. The number of aryl methyl sites for hydroxylation is 1. The van der Waals surface area contributed by atoms with Crippen molar-refractivity contribution >= 4 is 5.91 Å². The molecule has 1 rings (SSSR count). The Labute approximate surface area is 96.0 Å². The van der Waals surface area contributed by atoms with Crippen molar-refractivity contribution in [2.45, 2.75) is 38.8 Å². The maximum atomic E-state index is 11.4. The van der Waals surface area contributed by atoms with Gasteiger partial charge in [0.05, 0.1) is 0 Å². The highest BCUT2D eigenvalue weighted by Crippen LogP contribution is 1.93. The molecule has 16 heavy (non-hydrogen) atoms. The van der Waals surface area contributed by atoms with Gasteiger partial charge in [0.25, 0.3) is 0 Å². The SMILES string of the molecule is CCC(N)CC(=O)NCCCn1cccn1. The molecule has 5 heteroatoms. The summed E-state index contributed by atoms with van der Waals surface area (Å²) in [6, 6.07) is 1.87. The van der Waals surface area contributed by atoms with E-state index in [1.807, 2.05) is 23.9 Å². The van der Waals surface area contributed by atoms with Gasteiger partial charge >= 0.3 is 0 Å². The van der Waals surface area contributed by atoms with E-state index in [9.17, 15) is 4.79 Å². The highest BCUT2D eigenvalue weighted by atomic mass is 16.1. The van der Waals surface area contributed by atoms with Gasteiger partial charge in [-0.1, -0.05) is 6.92 Å². The number of aromatic nitrogens is 2. The van der Waals surface area contributed by atoms with Crippen LogP contribution in [0.25, 0.3) is 0 Å². The minimum Gasteiger partial charge on any atom is -0.356 e. The van der Waals surface area contributed by atoms with Crippen molar-refractivity contribution in [1.82, 2.24) is 15.1 Å². The monoisotopic (exact) mass is 224 g/mol. The Morgan fingerprint density at radius 1 is 1.62 bits per heavy atom. The molecule has 0 saturated heterocycles. The topological polar surface area (TPSA) is 72.9 Å². The molecule has 5 nitrogen and oxygen atoms in total. The first-order valence-electron chi connectivity index (χ1n) is 5.72. The summed E-state index contributed by atoms with van der Waals surface area (Å²) in [5, 5.41) is 6.93. The number of rotatable bonds is 7. The van der Waals surface area contributed by atoms with E-state index in [0.717, 1.165) is 19.4 Å². The molecule has 1 heterocycles. The number of nitrogens with zero attached hydrogens (tertiary/aromatic N) is 2. The zero-order valence-corrected chi connectivity index (χ0v) is 9.72. The van der Waals surface area contributed by atoms with Gasteiger partial charge in [0, 0.05) is 37.9 Å². The molecular weight excluding hydrogens is 204 g/mol. The van der Waals surface area contributed by atoms with Crippen LogP contribution in [0.15, 0.2) is 18.5 Å². The van der Waals surface area contributed by atoms with Crippen molar-refractivity contribution in [3.63, 3.8) is 0 Å². The smallest absolute Gasteiger partial charge is 0.221 e. The van der Waals surface area contributed by atoms with Crippen molar-refractivity contribution in [2.75, 3.05) is 6.54 Å². The molecule has 0 aromatic carbocycles.